The summed E-state index contributed by atoms with van der Waals surface area (Å²) in [5.41, 5.74) is 13.3. The van der Waals surface area contributed by atoms with E-state index in [4.69, 9.17) is 31.5 Å². The number of benzene rings is 2. The number of aryl methyl sites for hydroxylation is 1. The van der Waals surface area contributed by atoms with Crippen LogP contribution in [0, 0.1) is 6.92 Å². The minimum Gasteiger partial charge on any atom is -0.480 e. The molecule has 1 heterocycles. The van der Waals surface area contributed by atoms with Gasteiger partial charge in [-0.05, 0) is 44.0 Å². The number of rotatable bonds is 11. The zero-order valence-electron chi connectivity index (χ0n) is 19.3. The molecule has 0 bridgehead atoms. The van der Waals surface area contributed by atoms with Crippen LogP contribution in [0.2, 0.25) is 0 Å². The van der Waals surface area contributed by atoms with E-state index in [0.717, 1.165) is 29.5 Å². The molecule has 0 fully saturated rings. The van der Waals surface area contributed by atoms with Gasteiger partial charge in [0.05, 0.1) is 17.4 Å². The lowest BCUT2D eigenvalue weighted by Crippen LogP contribution is -2.35. The summed E-state index contributed by atoms with van der Waals surface area (Å²) >= 11 is 0. The van der Waals surface area contributed by atoms with Crippen molar-refractivity contribution in [2.75, 3.05) is 6.54 Å². The summed E-state index contributed by atoms with van der Waals surface area (Å²) in [6, 6.07) is 14.3. The fourth-order valence-electron chi connectivity index (χ4n) is 3.12. The van der Waals surface area contributed by atoms with Crippen molar-refractivity contribution in [1.29, 1.82) is 0 Å². The first-order valence-electron chi connectivity index (χ1n) is 11.0. The molecule has 1 atom stereocenters. The number of fused-ring (bicyclic) bond motifs is 1. The number of carbonyl (C=O) groups is 3. The molecule has 2 aromatic carbocycles. The Morgan fingerprint density at radius 1 is 0.971 bits per heavy atom. The third kappa shape index (κ3) is 8.09. The second kappa shape index (κ2) is 13.1. The van der Waals surface area contributed by atoms with E-state index in [9.17, 15) is 14.4 Å². The Labute approximate surface area is 201 Å². The average Bonchev–Trinajstić information content (AvgIpc) is 3.16. The van der Waals surface area contributed by atoms with Gasteiger partial charge < -0.3 is 31.5 Å². The van der Waals surface area contributed by atoms with Gasteiger partial charge in [-0.15, -0.1) is 5.10 Å². The number of hydrogen-bond donors (Lipinski definition) is 5. The molecule has 188 valence electrons. The summed E-state index contributed by atoms with van der Waals surface area (Å²) in [4.78, 5) is 32.3. The summed E-state index contributed by atoms with van der Waals surface area (Å²) in [7, 11) is 0. The van der Waals surface area contributed by atoms with Crippen molar-refractivity contribution in [1.82, 2.24) is 9.78 Å². The number of ether oxygens (including phenoxy) is 1. The van der Waals surface area contributed by atoms with Gasteiger partial charge in [-0.3, -0.25) is 9.48 Å². The molecule has 11 nitrogen and oxygen atoms in total. The Hall–Kier alpha value is -3.96. The van der Waals surface area contributed by atoms with Gasteiger partial charge in [-0.25, -0.2) is 9.59 Å². The van der Waals surface area contributed by atoms with Gasteiger partial charge in [0.15, 0.2) is 0 Å². The fraction of sp³-hybridized carbons (Fsp3) is 0.333. The molecule has 0 aliphatic heterocycles. The summed E-state index contributed by atoms with van der Waals surface area (Å²) in [6.07, 6.45) is 0.156. The molecule has 3 aromatic rings. The molecule has 0 unspecified atom stereocenters. The second-order valence-electron chi connectivity index (χ2n) is 7.87. The maximum Gasteiger partial charge on any atom is 0.356 e. The Balaban J connectivity index is 0.000000367. The normalized spacial score (nSPS) is 11.5. The van der Waals surface area contributed by atoms with E-state index in [2.05, 4.69) is 5.10 Å². The number of para-hydroxylation sites is 1. The highest BCUT2D eigenvalue weighted by Crippen LogP contribution is 2.26. The number of hydrogen-bond acceptors (Lipinski definition) is 7. The predicted octanol–water partition coefficient (Wildman–Crippen LogP) is 1.84. The lowest BCUT2D eigenvalue weighted by atomic mass is 10.1. The van der Waals surface area contributed by atoms with Crippen molar-refractivity contribution >= 4 is 28.8 Å². The van der Waals surface area contributed by atoms with Crippen LogP contribution in [0.5, 0.6) is 5.88 Å². The molecule has 0 amide bonds. The molecule has 0 radical (unpaired) electrons. The molecule has 1 aromatic heterocycles. The minimum absolute atomic E-state index is 0.0162. The predicted molar refractivity (Wildman–Crippen MR) is 128 cm³/mol. The SMILES string of the molecule is Cc1ccc(Cn2nc(OC(C(=O)O)C(=O)O)c3ccccc32)cc1.NCCCC[C@H](N)C(=O)O. The van der Waals surface area contributed by atoms with Gasteiger partial charge in [-0.2, -0.15) is 0 Å². The van der Waals surface area contributed by atoms with Crippen LogP contribution in [-0.4, -0.2) is 61.7 Å². The molecular weight excluding hydrogens is 456 g/mol. The number of unbranched alkanes of at least 4 members (excludes halogenated alkanes) is 1. The molecular formula is C24H30N4O7. The Bertz CT molecular complexity index is 1130. The van der Waals surface area contributed by atoms with Crippen LogP contribution in [-0.2, 0) is 20.9 Å². The van der Waals surface area contributed by atoms with Crippen LogP contribution in [0.1, 0.15) is 30.4 Å². The van der Waals surface area contributed by atoms with Crippen LogP contribution in [0.25, 0.3) is 10.9 Å². The summed E-state index contributed by atoms with van der Waals surface area (Å²) in [5.74, 6) is -4.11. The van der Waals surface area contributed by atoms with Gasteiger partial charge in [0, 0.05) is 0 Å². The smallest absolute Gasteiger partial charge is 0.356 e. The molecule has 0 aliphatic carbocycles. The van der Waals surface area contributed by atoms with E-state index in [0.29, 0.717) is 24.9 Å². The first kappa shape index (κ1) is 27.3. The number of aliphatic carboxylic acids is 3. The van der Waals surface area contributed by atoms with Crippen LogP contribution in [0.15, 0.2) is 48.5 Å². The van der Waals surface area contributed by atoms with Crippen molar-refractivity contribution in [3.05, 3.63) is 59.7 Å². The Morgan fingerprint density at radius 2 is 1.60 bits per heavy atom. The monoisotopic (exact) mass is 486 g/mol. The molecule has 0 aliphatic rings. The third-order valence-corrected chi connectivity index (χ3v) is 5.04. The number of carboxylic acids is 3. The van der Waals surface area contributed by atoms with Gasteiger partial charge in [0.1, 0.15) is 6.04 Å². The highest BCUT2D eigenvalue weighted by molar-refractivity contribution is 5.97. The molecule has 3 rings (SSSR count). The average molecular weight is 487 g/mol. The number of aromatic nitrogens is 2. The fourth-order valence-corrected chi connectivity index (χ4v) is 3.12. The first-order valence-corrected chi connectivity index (χ1v) is 11.0. The van der Waals surface area contributed by atoms with Crippen LogP contribution in [0.4, 0.5) is 0 Å². The standard InChI is InChI=1S/C18H16N2O5.C6H14N2O2/c1-11-6-8-12(9-7-11)10-20-14-5-3-2-4-13(14)16(19-20)25-15(17(21)22)18(23)24;7-4-2-1-3-5(8)6(9)10/h2-9,15H,10H2,1H3,(H,21,22)(H,23,24);5H,1-4,7-8H2,(H,9,10)/t;5-/m.0/s1. The van der Waals surface area contributed by atoms with Gasteiger partial charge in [0.2, 0.25) is 5.88 Å². The second-order valence-corrected chi connectivity index (χ2v) is 7.87. The van der Waals surface area contributed by atoms with E-state index in [1.807, 2.05) is 43.3 Å². The Kier molecular flexibility index (Phi) is 10.2. The Morgan fingerprint density at radius 3 is 2.17 bits per heavy atom. The summed E-state index contributed by atoms with van der Waals surface area (Å²) in [6.45, 7) is 3.05. The van der Waals surface area contributed by atoms with Crippen molar-refractivity contribution in [3.63, 3.8) is 0 Å². The van der Waals surface area contributed by atoms with Crippen molar-refractivity contribution in [2.45, 2.75) is 44.9 Å². The molecule has 0 saturated heterocycles. The zero-order valence-corrected chi connectivity index (χ0v) is 19.3. The van der Waals surface area contributed by atoms with Crippen molar-refractivity contribution < 1.29 is 34.4 Å². The number of nitrogens with two attached hydrogens (primary N) is 2. The van der Waals surface area contributed by atoms with Crippen LogP contribution < -0.4 is 16.2 Å². The largest absolute Gasteiger partial charge is 0.480 e. The van der Waals surface area contributed by atoms with E-state index in [1.165, 1.54) is 0 Å². The van der Waals surface area contributed by atoms with Gasteiger partial charge in [-0.1, -0.05) is 48.4 Å². The molecule has 35 heavy (non-hydrogen) atoms. The van der Waals surface area contributed by atoms with E-state index in [1.54, 1.807) is 16.8 Å². The maximum absolute atomic E-state index is 11.1. The summed E-state index contributed by atoms with van der Waals surface area (Å²) < 4.78 is 6.82. The van der Waals surface area contributed by atoms with Gasteiger partial charge in [0.25, 0.3) is 6.10 Å². The molecule has 11 heteroatoms. The van der Waals surface area contributed by atoms with Crippen molar-refractivity contribution in [2.24, 2.45) is 11.5 Å². The number of carboxylic acid groups (broad SMARTS) is 3. The van der Waals surface area contributed by atoms with E-state index in [-0.39, 0.29) is 5.88 Å². The summed E-state index contributed by atoms with van der Waals surface area (Å²) in [5, 5.41) is 31.2. The van der Waals surface area contributed by atoms with Gasteiger partial charge >= 0.3 is 17.9 Å². The number of nitrogens with zero attached hydrogens (tertiary/aromatic N) is 2. The minimum atomic E-state index is -2.01. The zero-order chi connectivity index (χ0) is 26.0. The third-order valence-electron chi connectivity index (χ3n) is 5.04. The van der Waals surface area contributed by atoms with E-state index < -0.39 is 30.1 Å². The highest BCUT2D eigenvalue weighted by Gasteiger charge is 2.30. The topological polar surface area (TPSA) is 191 Å². The quantitative estimate of drug-likeness (QED) is 0.197. The van der Waals surface area contributed by atoms with Crippen LogP contribution in [0.3, 0.4) is 0 Å². The lowest BCUT2D eigenvalue weighted by molar-refractivity contribution is -0.159. The highest BCUT2D eigenvalue weighted by atomic mass is 16.5. The maximum atomic E-state index is 11.1. The van der Waals surface area contributed by atoms with Crippen molar-refractivity contribution in [3.8, 4) is 5.88 Å². The lowest BCUT2D eigenvalue weighted by Gasteiger charge is -2.08. The van der Waals surface area contributed by atoms with E-state index >= 15 is 0 Å². The van der Waals surface area contributed by atoms with Crippen LogP contribution >= 0.6 is 0 Å². The molecule has 7 N–H and O–H groups in total. The molecule has 0 saturated carbocycles. The molecule has 0 spiro atoms. The first-order chi connectivity index (χ1) is 16.6.